The first-order chi connectivity index (χ1) is 16.4. The summed E-state index contributed by atoms with van der Waals surface area (Å²) in [7, 11) is -3.90. The van der Waals surface area contributed by atoms with Crippen LogP contribution in [0.25, 0.3) is 0 Å². The number of amides is 2. The second kappa shape index (κ2) is 10.4. The average Bonchev–Trinajstić information content (AvgIpc) is 2.94. The molecule has 3 rings (SSSR count). The topological polar surface area (TPSA) is 120 Å². The standard InChI is InChI=1S/C25H31N5O4S/c1-6-7-14-26-18(3)27-22-15-21(13-8-17(22)2)28-23(31)20-11-9-19(10-12-20)16-30-25(4,5)24(32)29-35(30,33)34/h6,8-13,15H,1,7,14,16H2,2-5H3,(H,26,27)(H,28,31)(H,29,32). The van der Waals surface area contributed by atoms with E-state index in [1.807, 2.05) is 42.8 Å². The lowest BCUT2D eigenvalue weighted by Crippen LogP contribution is -2.43. The molecule has 10 heteroatoms. The fourth-order valence-electron chi connectivity index (χ4n) is 3.52. The maximum absolute atomic E-state index is 12.8. The van der Waals surface area contributed by atoms with E-state index in [1.165, 1.54) is 0 Å². The normalized spacial score (nSPS) is 17.0. The Balaban J connectivity index is 1.68. The van der Waals surface area contributed by atoms with Crippen LogP contribution in [0.3, 0.4) is 0 Å². The van der Waals surface area contributed by atoms with Gasteiger partial charge in [-0.05, 0) is 69.5 Å². The van der Waals surface area contributed by atoms with Crippen molar-refractivity contribution < 1.29 is 18.0 Å². The van der Waals surface area contributed by atoms with E-state index in [4.69, 9.17) is 0 Å². The summed E-state index contributed by atoms with van der Waals surface area (Å²) in [5.74, 6) is -0.0958. The fourth-order valence-corrected chi connectivity index (χ4v) is 5.11. The number of rotatable bonds is 8. The predicted octanol–water partition coefficient (Wildman–Crippen LogP) is 3.61. The van der Waals surface area contributed by atoms with Crippen LogP contribution in [0, 0.1) is 6.92 Å². The Morgan fingerprint density at radius 3 is 2.46 bits per heavy atom. The molecular weight excluding hydrogens is 466 g/mol. The summed E-state index contributed by atoms with van der Waals surface area (Å²) in [5, 5.41) is 6.15. The Bertz CT molecular complexity index is 1270. The zero-order valence-corrected chi connectivity index (χ0v) is 21.2. The fraction of sp³-hybridized carbons (Fsp3) is 0.320. The Morgan fingerprint density at radius 2 is 1.86 bits per heavy atom. The third-order valence-electron chi connectivity index (χ3n) is 5.73. The smallest absolute Gasteiger partial charge is 0.305 e. The van der Waals surface area contributed by atoms with Gasteiger partial charge in [0.25, 0.3) is 11.8 Å². The Labute approximate surface area is 206 Å². The Hall–Kier alpha value is -3.50. The van der Waals surface area contributed by atoms with Crippen molar-refractivity contribution in [1.82, 2.24) is 9.03 Å². The number of aliphatic imine (C=N–C) groups is 1. The van der Waals surface area contributed by atoms with Gasteiger partial charge in [0.2, 0.25) is 0 Å². The van der Waals surface area contributed by atoms with Gasteiger partial charge in [-0.25, -0.2) is 4.72 Å². The third-order valence-corrected chi connectivity index (χ3v) is 7.34. The van der Waals surface area contributed by atoms with E-state index >= 15 is 0 Å². The highest BCUT2D eigenvalue weighted by Gasteiger charge is 2.50. The molecule has 1 aliphatic heterocycles. The molecule has 0 spiro atoms. The molecule has 2 aromatic carbocycles. The van der Waals surface area contributed by atoms with Gasteiger partial charge in [-0.15, -0.1) is 6.58 Å². The highest BCUT2D eigenvalue weighted by atomic mass is 32.2. The third kappa shape index (κ3) is 6.14. The number of benzene rings is 2. The lowest BCUT2D eigenvalue weighted by atomic mass is 10.0. The van der Waals surface area contributed by atoms with Crippen LogP contribution in [0.1, 0.15) is 48.7 Å². The van der Waals surface area contributed by atoms with E-state index < -0.39 is 21.7 Å². The molecule has 0 unspecified atom stereocenters. The van der Waals surface area contributed by atoms with Gasteiger partial charge in [-0.1, -0.05) is 24.3 Å². The van der Waals surface area contributed by atoms with Crippen LogP contribution < -0.4 is 15.4 Å². The van der Waals surface area contributed by atoms with E-state index in [9.17, 15) is 18.0 Å². The molecule has 186 valence electrons. The van der Waals surface area contributed by atoms with E-state index in [0.29, 0.717) is 23.4 Å². The first-order valence-corrected chi connectivity index (χ1v) is 12.6. The summed E-state index contributed by atoms with van der Waals surface area (Å²) in [6, 6.07) is 12.2. The maximum Gasteiger partial charge on any atom is 0.305 e. The van der Waals surface area contributed by atoms with Crippen LogP contribution in [-0.4, -0.2) is 42.5 Å². The molecule has 0 aromatic heterocycles. The molecule has 0 radical (unpaired) electrons. The summed E-state index contributed by atoms with van der Waals surface area (Å²) in [6.07, 6.45) is 2.62. The molecule has 35 heavy (non-hydrogen) atoms. The number of nitrogens with one attached hydrogen (secondary N) is 3. The summed E-state index contributed by atoms with van der Waals surface area (Å²) < 4.78 is 27.7. The second-order valence-electron chi connectivity index (χ2n) is 8.85. The molecule has 2 amide bonds. The summed E-state index contributed by atoms with van der Waals surface area (Å²) in [5.41, 5.74) is 2.36. The van der Waals surface area contributed by atoms with E-state index in [0.717, 1.165) is 27.8 Å². The predicted molar refractivity (Wildman–Crippen MR) is 139 cm³/mol. The maximum atomic E-state index is 12.8. The number of nitrogens with zero attached hydrogens (tertiary/aromatic N) is 2. The van der Waals surface area contributed by atoms with Crippen LogP contribution in [0.2, 0.25) is 0 Å². The molecule has 0 atom stereocenters. The number of hydrogen-bond donors (Lipinski definition) is 3. The number of carbonyl (C=O) groups is 2. The molecular formula is C25H31N5O4S. The number of aryl methyl sites for hydroxylation is 1. The summed E-state index contributed by atoms with van der Waals surface area (Å²) in [6.45, 7) is 11.3. The molecule has 3 N–H and O–H groups in total. The highest BCUT2D eigenvalue weighted by Crippen LogP contribution is 2.27. The van der Waals surface area contributed by atoms with Crippen molar-refractivity contribution >= 4 is 39.2 Å². The largest absolute Gasteiger partial charge is 0.344 e. The number of hydrogen-bond acceptors (Lipinski definition) is 5. The first kappa shape index (κ1) is 26.1. The van der Waals surface area contributed by atoms with E-state index in [-0.39, 0.29) is 12.5 Å². The quantitative estimate of drug-likeness (QED) is 0.223. The molecule has 2 aromatic rings. The van der Waals surface area contributed by atoms with Gasteiger partial charge >= 0.3 is 10.2 Å². The molecule has 0 bridgehead atoms. The van der Waals surface area contributed by atoms with Gasteiger partial charge in [0.05, 0.1) is 5.84 Å². The van der Waals surface area contributed by atoms with Gasteiger partial charge < -0.3 is 10.6 Å². The molecule has 0 saturated carbocycles. The SMILES string of the molecule is C=CCCN=C(C)Nc1cc(NC(=O)c2ccc(CN3C(C)(C)C(=O)NS3(=O)=O)cc2)ccc1C. The first-order valence-electron chi connectivity index (χ1n) is 11.2. The average molecular weight is 498 g/mol. The van der Waals surface area contributed by atoms with E-state index in [1.54, 1.807) is 38.1 Å². The zero-order chi connectivity index (χ0) is 25.8. The van der Waals surface area contributed by atoms with E-state index in [2.05, 4.69) is 22.2 Å². The second-order valence-corrected chi connectivity index (χ2v) is 10.4. The molecule has 1 heterocycles. The van der Waals surface area contributed by atoms with Crippen molar-refractivity contribution in [3.8, 4) is 0 Å². The summed E-state index contributed by atoms with van der Waals surface area (Å²) in [4.78, 5) is 29.2. The minimum absolute atomic E-state index is 0.0106. The molecule has 0 aliphatic carbocycles. The molecule has 9 nitrogen and oxygen atoms in total. The van der Waals surface area contributed by atoms with Crippen molar-refractivity contribution in [1.29, 1.82) is 0 Å². The Morgan fingerprint density at radius 1 is 1.17 bits per heavy atom. The van der Waals surface area contributed by atoms with Crippen LogP contribution in [0.4, 0.5) is 11.4 Å². The van der Waals surface area contributed by atoms with Gasteiger partial charge in [-0.2, -0.15) is 12.7 Å². The lowest BCUT2D eigenvalue weighted by Gasteiger charge is -2.25. The number of carbonyl (C=O) groups excluding carboxylic acids is 2. The van der Waals surface area contributed by atoms with Crippen molar-refractivity contribution in [2.24, 2.45) is 4.99 Å². The van der Waals surface area contributed by atoms with Gasteiger partial charge in [0, 0.05) is 30.0 Å². The van der Waals surface area contributed by atoms with Gasteiger partial charge in [-0.3, -0.25) is 14.6 Å². The van der Waals surface area contributed by atoms with Crippen LogP contribution >= 0.6 is 0 Å². The molecule has 1 fully saturated rings. The van der Waals surface area contributed by atoms with Crippen molar-refractivity contribution in [3.05, 3.63) is 71.8 Å². The lowest BCUT2D eigenvalue weighted by molar-refractivity contribution is -0.125. The minimum atomic E-state index is -3.90. The zero-order valence-electron chi connectivity index (χ0n) is 20.4. The van der Waals surface area contributed by atoms with Crippen molar-refractivity contribution in [2.75, 3.05) is 17.2 Å². The van der Waals surface area contributed by atoms with Crippen molar-refractivity contribution in [2.45, 2.75) is 46.2 Å². The Kier molecular flexibility index (Phi) is 7.76. The van der Waals surface area contributed by atoms with Gasteiger partial charge in [0.1, 0.15) is 5.54 Å². The van der Waals surface area contributed by atoms with Crippen molar-refractivity contribution in [3.63, 3.8) is 0 Å². The summed E-state index contributed by atoms with van der Waals surface area (Å²) >= 11 is 0. The minimum Gasteiger partial charge on any atom is -0.344 e. The van der Waals surface area contributed by atoms with Crippen LogP contribution in [0.5, 0.6) is 0 Å². The molecule has 1 saturated heterocycles. The van der Waals surface area contributed by atoms with Gasteiger partial charge in [0.15, 0.2) is 0 Å². The monoisotopic (exact) mass is 497 g/mol. The number of amidine groups is 1. The highest BCUT2D eigenvalue weighted by molar-refractivity contribution is 7.88. The van der Waals surface area contributed by atoms with Crippen LogP contribution in [-0.2, 0) is 21.5 Å². The van der Waals surface area contributed by atoms with Crippen LogP contribution in [0.15, 0.2) is 60.1 Å². The molecule has 1 aliphatic rings. The number of anilines is 2.